The minimum Gasteiger partial charge on any atom is -0.497 e. The molecule has 0 spiro atoms. The Morgan fingerprint density at radius 2 is 1.89 bits per heavy atom. The van der Waals surface area contributed by atoms with E-state index in [1.54, 1.807) is 50.6 Å². The van der Waals surface area contributed by atoms with Crippen molar-refractivity contribution in [2.75, 3.05) is 25.3 Å². The van der Waals surface area contributed by atoms with Gasteiger partial charge in [-0.1, -0.05) is 29.4 Å². The zero-order valence-electron chi connectivity index (χ0n) is 14.6. The van der Waals surface area contributed by atoms with E-state index in [9.17, 15) is 4.79 Å². The van der Waals surface area contributed by atoms with Crippen molar-refractivity contribution < 1.29 is 18.7 Å². The molecule has 7 nitrogen and oxygen atoms in total. The zero-order chi connectivity index (χ0) is 19.2. The predicted molar refractivity (Wildman–Crippen MR) is 104 cm³/mol. The largest absolute Gasteiger partial charge is 0.497 e. The summed E-state index contributed by atoms with van der Waals surface area (Å²) in [4.78, 5) is 12.2. The van der Waals surface area contributed by atoms with Crippen LogP contribution in [0.2, 0.25) is 5.02 Å². The molecule has 9 heteroatoms. The smallest absolute Gasteiger partial charge is 0.277 e. The van der Waals surface area contributed by atoms with E-state index in [1.165, 1.54) is 0 Å². The van der Waals surface area contributed by atoms with Gasteiger partial charge in [-0.3, -0.25) is 4.79 Å². The summed E-state index contributed by atoms with van der Waals surface area (Å²) in [5.41, 5.74) is 1.29. The Hall–Kier alpha value is -2.71. The maximum absolute atomic E-state index is 12.2. The molecule has 1 aromatic heterocycles. The molecule has 0 aliphatic carbocycles. The number of hydrogen-bond acceptors (Lipinski definition) is 7. The lowest BCUT2D eigenvalue weighted by atomic mass is 10.2. The Bertz CT molecular complexity index is 926. The number of methoxy groups -OCH3 is 2. The van der Waals surface area contributed by atoms with Crippen LogP contribution < -0.4 is 14.8 Å². The molecular formula is C18H16ClN3O4S. The van der Waals surface area contributed by atoms with Crippen LogP contribution in [0, 0.1) is 0 Å². The third-order valence-corrected chi connectivity index (χ3v) is 4.49. The van der Waals surface area contributed by atoms with Crippen molar-refractivity contribution in [1.82, 2.24) is 10.2 Å². The molecule has 0 fully saturated rings. The number of thioether (sulfide) groups is 1. The van der Waals surface area contributed by atoms with Gasteiger partial charge >= 0.3 is 0 Å². The van der Waals surface area contributed by atoms with E-state index in [1.807, 2.05) is 6.07 Å². The lowest BCUT2D eigenvalue weighted by Crippen LogP contribution is -2.14. The number of rotatable bonds is 7. The van der Waals surface area contributed by atoms with Crippen molar-refractivity contribution in [2.24, 2.45) is 0 Å². The summed E-state index contributed by atoms with van der Waals surface area (Å²) < 4.78 is 15.9. The third-order valence-electron chi connectivity index (χ3n) is 3.44. The van der Waals surface area contributed by atoms with E-state index < -0.39 is 0 Å². The molecule has 1 N–H and O–H groups in total. The SMILES string of the molecule is COc1cc(NC(=O)CSc2nnc(-c3cccc(Cl)c3)o2)cc(OC)c1. The zero-order valence-corrected chi connectivity index (χ0v) is 16.1. The van der Waals surface area contributed by atoms with Crippen molar-refractivity contribution in [2.45, 2.75) is 5.22 Å². The Labute approximate surface area is 165 Å². The lowest BCUT2D eigenvalue weighted by Gasteiger charge is -2.09. The van der Waals surface area contributed by atoms with E-state index in [0.717, 1.165) is 17.3 Å². The first-order valence-electron chi connectivity index (χ1n) is 7.82. The molecule has 2 aromatic carbocycles. The van der Waals surface area contributed by atoms with Crippen LogP contribution in [0.15, 0.2) is 52.1 Å². The number of halogens is 1. The Morgan fingerprint density at radius 3 is 2.56 bits per heavy atom. The van der Waals surface area contributed by atoms with Crippen molar-refractivity contribution in [3.63, 3.8) is 0 Å². The van der Waals surface area contributed by atoms with E-state index in [0.29, 0.717) is 33.3 Å². The number of anilines is 1. The molecular weight excluding hydrogens is 390 g/mol. The van der Waals surface area contributed by atoms with Gasteiger partial charge in [0, 0.05) is 34.5 Å². The highest BCUT2D eigenvalue weighted by atomic mass is 35.5. The number of carbonyl (C=O) groups excluding carboxylic acids is 1. The molecule has 0 bridgehead atoms. The standard InChI is InChI=1S/C18H16ClN3O4S/c1-24-14-7-13(8-15(9-14)25-2)20-16(23)10-27-18-22-21-17(26-18)11-4-3-5-12(19)6-11/h3-9H,10H2,1-2H3,(H,20,23). The van der Waals surface area contributed by atoms with Crippen molar-refractivity contribution >= 4 is 35.0 Å². The number of aromatic nitrogens is 2. The fourth-order valence-corrected chi connectivity index (χ4v) is 2.96. The van der Waals surface area contributed by atoms with Gasteiger partial charge in [-0.05, 0) is 18.2 Å². The highest BCUT2D eigenvalue weighted by Crippen LogP contribution is 2.27. The lowest BCUT2D eigenvalue weighted by molar-refractivity contribution is -0.113. The fourth-order valence-electron chi connectivity index (χ4n) is 2.21. The molecule has 0 saturated carbocycles. The first-order valence-corrected chi connectivity index (χ1v) is 9.19. The molecule has 0 saturated heterocycles. The summed E-state index contributed by atoms with van der Waals surface area (Å²) in [6, 6.07) is 12.2. The maximum Gasteiger partial charge on any atom is 0.277 e. The molecule has 0 aliphatic heterocycles. The van der Waals surface area contributed by atoms with E-state index in [4.69, 9.17) is 25.5 Å². The van der Waals surface area contributed by atoms with Gasteiger partial charge in [0.15, 0.2) is 0 Å². The Morgan fingerprint density at radius 1 is 1.15 bits per heavy atom. The molecule has 140 valence electrons. The molecule has 0 aliphatic rings. The van der Waals surface area contributed by atoms with Gasteiger partial charge in [0.2, 0.25) is 11.8 Å². The molecule has 27 heavy (non-hydrogen) atoms. The van der Waals surface area contributed by atoms with Crippen LogP contribution in [0.5, 0.6) is 11.5 Å². The monoisotopic (exact) mass is 405 g/mol. The second-order valence-electron chi connectivity index (χ2n) is 5.32. The average molecular weight is 406 g/mol. The van der Waals surface area contributed by atoms with E-state index >= 15 is 0 Å². The quantitative estimate of drug-likeness (QED) is 0.591. The summed E-state index contributed by atoms with van der Waals surface area (Å²) in [6.07, 6.45) is 0. The predicted octanol–water partition coefficient (Wildman–Crippen LogP) is 4.14. The molecule has 3 rings (SSSR count). The van der Waals surface area contributed by atoms with Gasteiger partial charge in [-0.2, -0.15) is 0 Å². The topological polar surface area (TPSA) is 86.5 Å². The third kappa shape index (κ3) is 5.15. The van der Waals surface area contributed by atoms with E-state index in [-0.39, 0.29) is 11.7 Å². The van der Waals surface area contributed by atoms with Crippen LogP contribution in [-0.4, -0.2) is 36.1 Å². The summed E-state index contributed by atoms with van der Waals surface area (Å²) in [7, 11) is 3.09. The molecule has 0 radical (unpaired) electrons. The Kier molecular flexibility index (Phi) is 6.20. The number of hydrogen-bond donors (Lipinski definition) is 1. The maximum atomic E-state index is 12.2. The number of benzene rings is 2. The van der Waals surface area contributed by atoms with Gasteiger partial charge in [-0.15, -0.1) is 10.2 Å². The van der Waals surface area contributed by atoms with Crippen LogP contribution in [0.3, 0.4) is 0 Å². The molecule has 3 aromatic rings. The van der Waals surface area contributed by atoms with Crippen LogP contribution in [0.25, 0.3) is 11.5 Å². The number of nitrogens with zero attached hydrogens (tertiary/aromatic N) is 2. The Balaban J connectivity index is 1.60. The van der Waals surface area contributed by atoms with Gasteiger partial charge in [0.05, 0.1) is 20.0 Å². The van der Waals surface area contributed by atoms with Crippen LogP contribution in [-0.2, 0) is 4.79 Å². The average Bonchev–Trinajstić information content (AvgIpc) is 3.15. The highest BCUT2D eigenvalue weighted by molar-refractivity contribution is 7.99. The summed E-state index contributed by atoms with van der Waals surface area (Å²) >= 11 is 7.10. The van der Waals surface area contributed by atoms with Crippen LogP contribution >= 0.6 is 23.4 Å². The van der Waals surface area contributed by atoms with Crippen molar-refractivity contribution in [3.05, 3.63) is 47.5 Å². The minimum absolute atomic E-state index is 0.108. The first-order chi connectivity index (χ1) is 13.1. The number of carbonyl (C=O) groups is 1. The molecule has 1 heterocycles. The molecule has 0 unspecified atom stereocenters. The minimum atomic E-state index is -0.224. The van der Waals surface area contributed by atoms with Gasteiger partial charge in [0.1, 0.15) is 11.5 Å². The van der Waals surface area contributed by atoms with Gasteiger partial charge in [0.25, 0.3) is 5.22 Å². The summed E-state index contributed by atoms with van der Waals surface area (Å²) in [5, 5.41) is 11.6. The number of ether oxygens (including phenoxy) is 2. The van der Waals surface area contributed by atoms with Crippen molar-refractivity contribution in [1.29, 1.82) is 0 Å². The number of nitrogens with one attached hydrogen (secondary N) is 1. The highest BCUT2D eigenvalue weighted by Gasteiger charge is 2.12. The molecule has 1 amide bonds. The number of amides is 1. The second kappa shape index (κ2) is 8.79. The van der Waals surface area contributed by atoms with Gasteiger partial charge < -0.3 is 19.2 Å². The van der Waals surface area contributed by atoms with Gasteiger partial charge in [-0.25, -0.2) is 0 Å². The normalized spacial score (nSPS) is 10.5. The fraction of sp³-hybridized carbons (Fsp3) is 0.167. The van der Waals surface area contributed by atoms with Crippen LogP contribution in [0.4, 0.5) is 5.69 Å². The molecule has 0 atom stereocenters. The summed E-state index contributed by atoms with van der Waals surface area (Å²) in [5.74, 6) is 1.40. The van der Waals surface area contributed by atoms with Crippen LogP contribution in [0.1, 0.15) is 0 Å². The van der Waals surface area contributed by atoms with E-state index in [2.05, 4.69) is 15.5 Å². The summed E-state index contributed by atoms with van der Waals surface area (Å²) in [6.45, 7) is 0. The van der Waals surface area contributed by atoms with Crippen molar-refractivity contribution in [3.8, 4) is 23.0 Å². The second-order valence-corrected chi connectivity index (χ2v) is 6.68. The first kappa shape index (κ1) is 19.1.